The lowest BCUT2D eigenvalue weighted by Crippen LogP contribution is -2.46. The average Bonchev–Trinajstić information content (AvgIpc) is 3.60. The number of nitrogens with zero attached hydrogens (tertiary/aromatic N) is 6. The molecule has 1 aliphatic carbocycles. The van der Waals surface area contributed by atoms with Crippen LogP contribution >= 0.6 is 0 Å². The van der Waals surface area contributed by atoms with Gasteiger partial charge in [0.2, 0.25) is 0 Å². The van der Waals surface area contributed by atoms with Gasteiger partial charge in [-0.15, -0.1) is 0 Å². The van der Waals surface area contributed by atoms with Crippen LogP contribution in [0.1, 0.15) is 50.2 Å². The maximum Gasteiger partial charge on any atom is 0.261 e. The Labute approximate surface area is 176 Å². The van der Waals surface area contributed by atoms with Gasteiger partial charge in [-0.25, -0.2) is 15.0 Å². The fraction of sp³-hybridized carbons (Fsp3) is 0.478. The van der Waals surface area contributed by atoms with E-state index in [1.165, 1.54) is 12.8 Å². The Morgan fingerprint density at radius 3 is 2.60 bits per heavy atom. The predicted octanol–water partition coefficient (Wildman–Crippen LogP) is 2.97. The number of aromatic nitrogens is 4. The third-order valence-electron chi connectivity index (χ3n) is 6.12. The van der Waals surface area contributed by atoms with Crippen LogP contribution in [-0.4, -0.2) is 50.6 Å². The number of hydrogen-bond acceptors (Lipinski definition) is 6. The zero-order chi connectivity index (χ0) is 20.7. The molecule has 30 heavy (non-hydrogen) atoms. The van der Waals surface area contributed by atoms with Crippen LogP contribution in [0.3, 0.4) is 0 Å². The Bertz CT molecular complexity index is 1110. The van der Waals surface area contributed by atoms with Crippen molar-refractivity contribution in [3.05, 3.63) is 58.7 Å². The maximum absolute atomic E-state index is 12.6. The molecule has 7 heteroatoms. The van der Waals surface area contributed by atoms with Crippen LogP contribution < -0.4 is 10.5 Å². The van der Waals surface area contributed by atoms with Crippen LogP contribution in [0.15, 0.2) is 41.6 Å². The SMILES string of the molecule is CC(C)n1cnc2cc(N3CCN(Cc4ccnc(C5CC5)n4)CC3)ccc2c1=O. The summed E-state index contributed by atoms with van der Waals surface area (Å²) in [6.07, 6.45) is 6.03. The molecule has 3 aromatic rings. The van der Waals surface area contributed by atoms with E-state index in [-0.39, 0.29) is 11.6 Å². The molecule has 1 saturated heterocycles. The van der Waals surface area contributed by atoms with Gasteiger partial charge in [0.05, 0.1) is 22.9 Å². The summed E-state index contributed by atoms with van der Waals surface area (Å²) >= 11 is 0. The zero-order valence-corrected chi connectivity index (χ0v) is 17.7. The highest BCUT2D eigenvalue weighted by Crippen LogP contribution is 2.37. The lowest BCUT2D eigenvalue weighted by molar-refractivity contribution is 0.247. The number of hydrogen-bond donors (Lipinski definition) is 0. The zero-order valence-electron chi connectivity index (χ0n) is 17.7. The second kappa shape index (κ2) is 7.80. The Balaban J connectivity index is 1.26. The molecule has 1 aliphatic heterocycles. The molecule has 1 saturated carbocycles. The highest BCUT2D eigenvalue weighted by molar-refractivity contribution is 5.81. The third kappa shape index (κ3) is 3.81. The first kappa shape index (κ1) is 19.2. The smallest absolute Gasteiger partial charge is 0.261 e. The molecule has 156 valence electrons. The van der Waals surface area contributed by atoms with Gasteiger partial charge < -0.3 is 4.90 Å². The van der Waals surface area contributed by atoms with Gasteiger partial charge in [0, 0.05) is 56.6 Å². The van der Waals surface area contributed by atoms with Crippen LogP contribution in [-0.2, 0) is 6.54 Å². The molecule has 1 aromatic carbocycles. The van der Waals surface area contributed by atoms with Crippen LogP contribution in [0.25, 0.3) is 10.9 Å². The van der Waals surface area contributed by atoms with Gasteiger partial charge in [0.25, 0.3) is 5.56 Å². The number of benzene rings is 1. The number of anilines is 1. The first-order chi connectivity index (χ1) is 14.6. The summed E-state index contributed by atoms with van der Waals surface area (Å²) in [5, 5.41) is 0.684. The summed E-state index contributed by atoms with van der Waals surface area (Å²) < 4.78 is 1.68. The van der Waals surface area contributed by atoms with Crippen LogP contribution in [0.5, 0.6) is 0 Å². The van der Waals surface area contributed by atoms with E-state index >= 15 is 0 Å². The van der Waals surface area contributed by atoms with E-state index in [1.54, 1.807) is 10.9 Å². The summed E-state index contributed by atoms with van der Waals surface area (Å²) in [5.74, 6) is 1.61. The van der Waals surface area contributed by atoms with E-state index in [2.05, 4.69) is 25.8 Å². The Kier molecular flexibility index (Phi) is 4.98. The first-order valence-electron chi connectivity index (χ1n) is 10.9. The van der Waals surface area contributed by atoms with Crippen molar-refractivity contribution in [2.24, 2.45) is 0 Å². The summed E-state index contributed by atoms with van der Waals surface area (Å²) in [6, 6.07) is 8.17. The van der Waals surface area contributed by atoms with Crippen molar-refractivity contribution >= 4 is 16.6 Å². The van der Waals surface area contributed by atoms with E-state index in [0.29, 0.717) is 11.3 Å². The molecule has 2 aromatic heterocycles. The quantitative estimate of drug-likeness (QED) is 0.651. The van der Waals surface area contributed by atoms with Gasteiger partial charge >= 0.3 is 0 Å². The second-order valence-electron chi connectivity index (χ2n) is 8.70. The fourth-order valence-corrected chi connectivity index (χ4v) is 4.12. The minimum atomic E-state index is 0.0294. The highest BCUT2D eigenvalue weighted by Gasteiger charge is 2.27. The Morgan fingerprint density at radius 1 is 1.07 bits per heavy atom. The fourth-order valence-electron chi connectivity index (χ4n) is 4.12. The number of rotatable bonds is 5. The van der Waals surface area contributed by atoms with E-state index in [9.17, 15) is 4.79 Å². The second-order valence-corrected chi connectivity index (χ2v) is 8.70. The molecule has 7 nitrogen and oxygen atoms in total. The van der Waals surface area contributed by atoms with Crippen molar-refractivity contribution in [3.63, 3.8) is 0 Å². The van der Waals surface area contributed by atoms with Crippen molar-refractivity contribution < 1.29 is 0 Å². The molecule has 0 amide bonds. The molecule has 5 rings (SSSR count). The van der Waals surface area contributed by atoms with Crippen molar-refractivity contribution in [2.45, 2.75) is 45.2 Å². The Hall–Kier alpha value is -2.80. The molecule has 0 bridgehead atoms. The number of piperazine rings is 1. The van der Waals surface area contributed by atoms with Gasteiger partial charge in [0.15, 0.2) is 0 Å². The lowest BCUT2D eigenvalue weighted by Gasteiger charge is -2.36. The molecule has 0 N–H and O–H groups in total. The van der Waals surface area contributed by atoms with Crippen molar-refractivity contribution in [1.29, 1.82) is 0 Å². The summed E-state index contributed by atoms with van der Waals surface area (Å²) in [6.45, 7) is 8.76. The molecule has 0 radical (unpaired) electrons. The van der Waals surface area contributed by atoms with Crippen LogP contribution in [0, 0.1) is 0 Å². The van der Waals surface area contributed by atoms with Crippen LogP contribution in [0.2, 0.25) is 0 Å². The standard InChI is InChI=1S/C23H28N6O/c1-16(2)29-15-25-21-13-19(5-6-20(21)23(29)30)28-11-9-27(10-12-28)14-18-7-8-24-22(26-18)17-3-4-17/h5-8,13,15-17H,3-4,9-12,14H2,1-2H3. The molecule has 0 spiro atoms. The third-order valence-corrected chi connectivity index (χ3v) is 6.12. The molecular weight excluding hydrogens is 376 g/mol. The van der Waals surface area contributed by atoms with Crippen molar-refractivity contribution in [1.82, 2.24) is 24.4 Å². The van der Waals surface area contributed by atoms with E-state index in [4.69, 9.17) is 4.98 Å². The minimum absolute atomic E-state index is 0.0294. The Morgan fingerprint density at radius 2 is 1.87 bits per heavy atom. The van der Waals surface area contributed by atoms with E-state index in [1.807, 2.05) is 38.2 Å². The van der Waals surface area contributed by atoms with Gasteiger partial charge in [-0.3, -0.25) is 14.3 Å². The summed E-state index contributed by atoms with van der Waals surface area (Å²) in [5.41, 5.74) is 3.05. The molecular formula is C23H28N6O. The monoisotopic (exact) mass is 404 g/mol. The highest BCUT2D eigenvalue weighted by atomic mass is 16.1. The summed E-state index contributed by atoms with van der Waals surface area (Å²) in [4.78, 5) is 31.2. The van der Waals surface area contributed by atoms with Gasteiger partial charge in [-0.2, -0.15) is 0 Å². The molecule has 0 unspecified atom stereocenters. The topological polar surface area (TPSA) is 67.2 Å². The molecule has 2 aliphatic rings. The first-order valence-corrected chi connectivity index (χ1v) is 10.9. The maximum atomic E-state index is 12.6. The summed E-state index contributed by atoms with van der Waals surface area (Å²) in [7, 11) is 0. The van der Waals surface area contributed by atoms with Gasteiger partial charge in [-0.05, 0) is 51.0 Å². The largest absolute Gasteiger partial charge is 0.369 e. The average molecular weight is 405 g/mol. The molecule has 3 heterocycles. The minimum Gasteiger partial charge on any atom is -0.369 e. The van der Waals surface area contributed by atoms with Crippen molar-refractivity contribution in [2.75, 3.05) is 31.1 Å². The van der Waals surface area contributed by atoms with Gasteiger partial charge in [-0.1, -0.05) is 0 Å². The van der Waals surface area contributed by atoms with Gasteiger partial charge in [0.1, 0.15) is 5.82 Å². The van der Waals surface area contributed by atoms with Crippen LogP contribution in [0.4, 0.5) is 5.69 Å². The predicted molar refractivity (Wildman–Crippen MR) is 118 cm³/mol. The molecule has 2 fully saturated rings. The molecule has 0 atom stereocenters. The number of fused-ring (bicyclic) bond motifs is 1. The normalized spacial score (nSPS) is 17.8. The van der Waals surface area contributed by atoms with Crippen molar-refractivity contribution in [3.8, 4) is 0 Å². The van der Waals surface area contributed by atoms with E-state index < -0.39 is 0 Å². The lowest BCUT2D eigenvalue weighted by atomic mass is 10.2. The van der Waals surface area contributed by atoms with E-state index in [0.717, 1.165) is 55.4 Å².